The van der Waals surface area contributed by atoms with Crippen LogP contribution in [0.3, 0.4) is 0 Å². The van der Waals surface area contributed by atoms with Crippen LogP contribution in [0.5, 0.6) is 0 Å². The molecule has 1 unspecified atom stereocenters. The Labute approximate surface area is 131 Å². The molecule has 0 saturated carbocycles. The summed E-state index contributed by atoms with van der Waals surface area (Å²) < 4.78 is 0. The summed E-state index contributed by atoms with van der Waals surface area (Å²) >= 11 is 0. The Morgan fingerprint density at radius 3 is 2.43 bits per heavy atom. The molecule has 4 nitrogen and oxygen atoms in total. The zero-order valence-electron chi connectivity index (χ0n) is 14.6. The summed E-state index contributed by atoms with van der Waals surface area (Å²) in [5, 5.41) is 6.93. The minimum Gasteiger partial charge on any atom is -0.356 e. The zero-order valence-corrected chi connectivity index (χ0v) is 14.6. The second-order valence-corrected chi connectivity index (χ2v) is 6.77. The highest BCUT2D eigenvalue weighted by atomic mass is 15.2. The quantitative estimate of drug-likeness (QED) is 0.390. The Balaban J connectivity index is 2.07. The number of rotatable bonds is 9. The molecule has 1 atom stereocenters. The third kappa shape index (κ3) is 8.97. The number of aliphatic imine (C=N–C) groups is 1. The van der Waals surface area contributed by atoms with Crippen molar-refractivity contribution in [1.82, 2.24) is 15.5 Å². The molecule has 0 aliphatic carbocycles. The van der Waals surface area contributed by atoms with Crippen LogP contribution in [-0.2, 0) is 0 Å². The highest BCUT2D eigenvalue weighted by Crippen LogP contribution is 2.08. The molecular formula is C17H36N4. The van der Waals surface area contributed by atoms with Gasteiger partial charge in [-0.25, -0.2) is 0 Å². The maximum absolute atomic E-state index is 4.32. The Kier molecular flexibility index (Phi) is 9.48. The lowest BCUT2D eigenvalue weighted by atomic mass is 10.0. The molecule has 21 heavy (non-hydrogen) atoms. The van der Waals surface area contributed by atoms with Crippen LogP contribution < -0.4 is 10.6 Å². The topological polar surface area (TPSA) is 39.7 Å². The minimum atomic E-state index is 0.494. The van der Waals surface area contributed by atoms with Crippen molar-refractivity contribution >= 4 is 5.96 Å². The third-order valence-corrected chi connectivity index (χ3v) is 4.17. The molecule has 0 spiro atoms. The van der Waals surface area contributed by atoms with Gasteiger partial charge in [0.2, 0.25) is 0 Å². The second kappa shape index (κ2) is 10.9. The van der Waals surface area contributed by atoms with Crippen molar-refractivity contribution in [2.75, 3.05) is 33.2 Å². The first-order valence-corrected chi connectivity index (χ1v) is 8.81. The Hall–Kier alpha value is -0.770. The predicted molar refractivity (Wildman–Crippen MR) is 92.9 cm³/mol. The van der Waals surface area contributed by atoms with E-state index in [0.29, 0.717) is 6.04 Å². The number of nitrogens with zero attached hydrogens (tertiary/aromatic N) is 2. The molecular weight excluding hydrogens is 260 g/mol. The Morgan fingerprint density at radius 2 is 1.81 bits per heavy atom. The van der Waals surface area contributed by atoms with Crippen molar-refractivity contribution in [1.29, 1.82) is 0 Å². The van der Waals surface area contributed by atoms with Crippen LogP contribution in [0.2, 0.25) is 0 Å². The molecule has 4 heteroatoms. The molecule has 124 valence electrons. The average molecular weight is 297 g/mol. The molecule has 1 fully saturated rings. The Morgan fingerprint density at radius 1 is 1.10 bits per heavy atom. The van der Waals surface area contributed by atoms with E-state index < -0.39 is 0 Å². The largest absolute Gasteiger partial charge is 0.356 e. The van der Waals surface area contributed by atoms with Crippen LogP contribution in [0.1, 0.15) is 59.3 Å². The summed E-state index contributed by atoms with van der Waals surface area (Å²) in [4.78, 5) is 6.88. The number of nitrogens with one attached hydrogen (secondary N) is 2. The minimum absolute atomic E-state index is 0.494. The van der Waals surface area contributed by atoms with Gasteiger partial charge < -0.3 is 15.5 Å². The van der Waals surface area contributed by atoms with Crippen molar-refractivity contribution in [3.63, 3.8) is 0 Å². The van der Waals surface area contributed by atoms with E-state index >= 15 is 0 Å². The fraction of sp³-hybridized carbons (Fsp3) is 0.941. The van der Waals surface area contributed by atoms with E-state index in [-0.39, 0.29) is 0 Å². The molecule has 0 aromatic rings. The van der Waals surface area contributed by atoms with Gasteiger partial charge in [0, 0.05) is 19.6 Å². The van der Waals surface area contributed by atoms with E-state index in [0.717, 1.165) is 18.4 Å². The fourth-order valence-corrected chi connectivity index (χ4v) is 2.85. The van der Waals surface area contributed by atoms with E-state index in [1.165, 1.54) is 58.2 Å². The van der Waals surface area contributed by atoms with E-state index in [4.69, 9.17) is 0 Å². The van der Waals surface area contributed by atoms with E-state index in [1.54, 1.807) is 0 Å². The lowest BCUT2D eigenvalue weighted by Crippen LogP contribution is -2.43. The average Bonchev–Trinajstić information content (AvgIpc) is 2.95. The van der Waals surface area contributed by atoms with Crippen LogP contribution in [0.15, 0.2) is 4.99 Å². The molecule has 0 radical (unpaired) electrons. The highest BCUT2D eigenvalue weighted by molar-refractivity contribution is 5.79. The number of guanidine groups is 1. The van der Waals surface area contributed by atoms with Gasteiger partial charge in [-0.15, -0.1) is 0 Å². The zero-order chi connectivity index (χ0) is 15.5. The smallest absolute Gasteiger partial charge is 0.191 e. The summed E-state index contributed by atoms with van der Waals surface area (Å²) in [6, 6.07) is 0.494. The molecule has 1 rings (SSSR count). The van der Waals surface area contributed by atoms with Gasteiger partial charge in [-0.05, 0) is 58.2 Å². The van der Waals surface area contributed by atoms with Gasteiger partial charge in [-0.1, -0.05) is 26.7 Å². The van der Waals surface area contributed by atoms with E-state index in [9.17, 15) is 0 Å². The molecule has 0 bridgehead atoms. The Bertz CT molecular complexity index is 283. The number of likely N-dealkylation sites (tertiary alicyclic amines) is 1. The molecule has 2 N–H and O–H groups in total. The molecule has 0 aromatic carbocycles. The van der Waals surface area contributed by atoms with Crippen molar-refractivity contribution in [3.05, 3.63) is 0 Å². The van der Waals surface area contributed by atoms with Gasteiger partial charge in [0.15, 0.2) is 5.96 Å². The van der Waals surface area contributed by atoms with Gasteiger partial charge in [-0.2, -0.15) is 0 Å². The van der Waals surface area contributed by atoms with Crippen LogP contribution in [0, 0.1) is 5.92 Å². The van der Waals surface area contributed by atoms with Gasteiger partial charge in [0.05, 0.1) is 0 Å². The molecule has 1 saturated heterocycles. The highest BCUT2D eigenvalue weighted by Gasteiger charge is 2.10. The van der Waals surface area contributed by atoms with Crippen LogP contribution >= 0.6 is 0 Å². The maximum atomic E-state index is 4.32. The summed E-state index contributed by atoms with van der Waals surface area (Å²) in [7, 11) is 1.86. The summed E-state index contributed by atoms with van der Waals surface area (Å²) in [5.41, 5.74) is 0. The first-order chi connectivity index (χ1) is 10.1. The second-order valence-electron chi connectivity index (χ2n) is 6.77. The molecule has 0 amide bonds. The normalized spacial score (nSPS) is 18.2. The first-order valence-electron chi connectivity index (χ1n) is 8.81. The maximum Gasteiger partial charge on any atom is 0.191 e. The molecule has 1 aliphatic rings. The lowest BCUT2D eigenvalue weighted by Gasteiger charge is -2.19. The van der Waals surface area contributed by atoms with Crippen molar-refractivity contribution in [2.45, 2.75) is 65.3 Å². The van der Waals surface area contributed by atoms with Crippen molar-refractivity contribution < 1.29 is 0 Å². The van der Waals surface area contributed by atoms with Crippen LogP contribution in [-0.4, -0.2) is 50.1 Å². The number of hydrogen-bond donors (Lipinski definition) is 2. The molecule has 1 heterocycles. The van der Waals surface area contributed by atoms with Gasteiger partial charge >= 0.3 is 0 Å². The van der Waals surface area contributed by atoms with Crippen LogP contribution in [0.4, 0.5) is 0 Å². The van der Waals surface area contributed by atoms with Crippen molar-refractivity contribution in [2.24, 2.45) is 10.9 Å². The van der Waals surface area contributed by atoms with Gasteiger partial charge in [0.1, 0.15) is 0 Å². The summed E-state index contributed by atoms with van der Waals surface area (Å²) in [6.45, 7) is 11.6. The van der Waals surface area contributed by atoms with Gasteiger partial charge in [0.25, 0.3) is 0 Å². The van der Waals surface area contributed by atoms with Crippen molar-refractivity contribution in [3.8, 4) is 0 Å². The van der Waals surface area contributed by atoms with Crippen LogP contribution in [0.25, 0.3) is 0 Å². The monoisotopic (exact) mass is 296 g/mol. The first kappa shape index (κ1) is 18.3. The summed E-state index contributed by atoms with van der Waals surface area (Å²) in [5.74, 6) is 1.76. The third-order valence-electron chi connectivity index (χ3n) is 4.17. The molecule has 1 aliphatic heterocycles. The van der Waals surface area contributed by atoms with E-state index in [1.807, 2.05) is 7.05 Å². The summed E-state index contributed by atoms with van der Waals surface area (Å²) in [6.07, 6.45) is 7.77. The SMILES string of the molecule is CN=C(NCCCN1CCCC1)NC(C)CCCC(C)C. The van der Waals surface area contributed by atoms with E-state index in [2.05, 4.69) is 41.3 Å². The standard InChI is InChI=1S/C17H36N4/c1-15(2)9-7-10-16(3)20-17(18-4)19-11-8-14-21-12-5-6-13-21/h15-16H,5-14H2,1-4H3,(H2,18,19,20). The number of hydrogen-bond acceptors (Lipinski definition) is 2. The fourth-order valence-electron chi connectivity index (χ4n) is 2.85. The molecule has 0 aromatic heterocycles. The lowest BCUT2D eigenvalue weighted by molar-refractivity contribution is 0.334. The van der Waals surface area contributed by atoms with Gasteiger partial charge in [-0.3, -0.25) is 4.99 Å². The predicted octanol–water partition coefficient (Wildman–Crippen LogP) is 2.85.